The molecule has 0 aliphatic carbocycles. The molecule has 3 amide bonds. The number of Topliss-reactive ketones (excluding diaryl/α,β-unsaturated/α-hetero) is 1. The number of aliphatic carboxylic acids is 2. The average Bonchev–Trinajstić information content (AvgIpc) is 3.51. The summed E-state index contributed by atoms with van der Waals surface area (Å²) in [5, 5.41) is 24.4. The van der Waals surface area contributed by atoms with Crippen LogP contribution < -0.4 is 34.5 Å². The van der Waals surface area contributed by atoms with Gasteiger partial charge in [0.15, 0.2) is 0 Å². The van der Waals surface area contributed by atoms with Crippen molar-refractivity contribution in [2.24, 2.45) is 5.73 Å². The van der Waals surface area contributed by atoms with E-state index < -0.39 is 45.6 Å². The summed E-state index contributed by atoms with van der Waals surface area (Å²) >= 11 is 12.3. The molecular weight excluding hydrogens is 1280 g/mol. The molecule has 3 N–H and O–H groups in total. The molecule has 0 bridgehead atoms. The molecule has 0 aromatic heterocycles. The van der Waals surface area contributed by atoms with E-state index in [0.717, 1.165) is 11.1 Å². The second-order valence-electron chi connectivity index (χ2n) is 12.8. The van der Waals surface area contributed by atoms with Crippen LogP contribution in [0, 0.1) is 0 Å². The Morgan fingerprint density at radius 3 is 1.56 bits per heavy atom. The maximum absolute atomic E-state index is 12.2. The van der Waals surface area contributed by atoms with Crippen molar-refractivity contribution in [1.82, 2.24) is 15.1 Å². The number of carbonyl (C=O) groups is 6. The standard InChI is InChI=1S/C16H18N2O4S.C9H10O.C8H12N2O3S.I3.I2/c1-16(2)12(15(21)22)18-13(20)11(14(18)23-16)17-10(19)8-9-6-4-3-5-7-9;1-8(10)7-9-5-3-2-4-6-9;1-8(2)4(7(12)13)10-5(11)3(9)6(10)14-8;1-3-2;1-2/h3-7,11-12,14H,8H2,1-2H3,(H,17,19)(H,21,22);2-6H,7H2,1H3;3-4,6H,9H2,1-2H3,(H,12,13);;/q;;;-1;/p-2/t11-,12+,14-;;3-,4+,6-;;/m1.1../s1. The number of nitrogens with one attached hydrogen (secondary N) is 1. The third-order valence-electron chi connectivity index (χ3n) is 8.19. The fourth-order valence-electron chi connectivity index (χ4n) is 6.04. The summed E-state index contributed by atoms with van der Waals surface area (Å²) in [4.78, 5) is 71.2. The SMILES string of the molecule is CC(=O)Cc1ccccc1.CC1(C)S[C@@H]2[C@H](N)C(=O)N2[C@H]1C(=O)[O-].CC1(C)S[C@@H]2[C@H](NC(=O)Cc3ccccc3)C(=O)N2[C@H]1C(=O)[O-].II.I[I-]I. The van der Waals surface area contributed by atoms with Gasteiger partial charge in [-0.15, -0.1) is 23.5 Å². The zero-order valence-electron chi connectivity index (χ0n) is 28.6. The quantitative estimate of drug-likeness (QED) is 0.281. The van der Waals surface area contributed by atoms with Gasteiger partial charge in [0.05, 0.1) is 30.4 Å². The van der Waals surface area contributed by atoms with Gasteiger partial charge < -0.3 is 40.7 Å². The normalized spacial score (nSPS) is 25.3. The Morgan fingerprint density at radius 1 is 0.769 bits per heavy atom. The summed E-state index contributed by atoms with van der Waals surface area (Å²) in [7, 11) is 0. The number of carboxylic acid groups (broad SMARTS) is 2. The number of halogens is 5. The number of fused-ring (bicyclic) bond motifs is 2. The van der Waals surface area contributed by atoms with Gasteiger partial charge in [0.1, 0.15) is 28.6 Å². The molecule has 52 heavy (non-hydrogen) atoms. The van der Waals surface area contributed by atoms with Crippen molar-refractivity contribution >= 4 is 133 Å². The third kappa shape index (κ3) is 12.4. The number of hydrogen-bond acceptors (Lipinski definition) is 11. The number of thioether (sulfide) groups is 2. The molecule has 19 heteroatoms. The van der Waals surface area contributed by atoms with Gasteiger partial charge in [0.25, 0.3) is 0 Å². The first-order chi connectivity index (χ1) is 24.4. The fraction of sp³-hybridized carbons (Fsp3) is 0.455. The van der Waals surface area contributed by atoms with Gasteiger partial charge in [0.2, 0.25) is 17.7 Å². The van der Waals surface area contributed by atoms with Crippen molar-refractivity contribution in [3.8, 4) is 0 Å². The minimum atomic E-state index is -1.26. The molecule has 6 rings (SSSR count). The zero-order chi connectivity index (χ0) is 39.6. The van der Waals surface area contributed by atoms with E-state index in [0.29, 0.717) is 19.7 Å². The second kappa shape index (κ2) is 21.9. The number of nitrogens with zero attached hydrogens (tertiary/aromatic N) is 2. The minimum absolute atomic E-state index is 0.190. The molecule has 0 spiro atoms. The van der Waals surface area contributed by atoms with Crippen molar-refractivity contribution < 1.29 is 52.2 Å². The maximum atomic E-state index is 12.2. The average molecular weight is 1320 g/mol. The molecular formula is C33H38I5N4O8S2-3. The Balaban J connectivity index is 0.000000275. The molecule has 4 aliphatic heterocycles. The van der Waals surface area contributed by atoms with Gasteiger partial charge in [-0.05, 0) is 45.7 Å². The van der Waals surface area contributed by atoms with E-state index >= 15 is 0 Å². The van der Waals surface area contributed by atoms with Gasteiger partial charge in [-0.25, -0.2) is 0 Å². The number of rotatable bonds is 7. The van der Waals surface area contributed by atoms with Gasteiger partial charge in [0, 0.05) is 53.1 Å². The molecule has 4 fully saturated rings. The Labute approximate surface area is 365 Å². The summed E-state index contributed by atoms with van der Waals surface area (Å²) in [6, 6.07) is 16.0. The van der Waals surface area contributed by atoms with Crippen molar-refractivity contribution in [3.05, 3.63) is 71.8 Å². The number of amides is 3. The number of hydrogen-bond donors (Lipinski definition) is 2. The van der Waals surface area contributed by atoms with E-state index in [1.165, 1.54) is 33.3 Å². The second-order valence-corrected chi connectivity index (χ2v) is 32.6. The molecule has 2 aromatic carbocycles. The van der Waals surface area contributed by atoms with Crippen LogP contribution >= 0.6 is 98.0 Å². The summed E-state index contributed by atoms with van der Waals surface area (Å²) in [6.07, 6.45) is 0.746. The predicted molar refractivity (Wildman–Crippen MR) is 229 cm³/mol. The topological polar surface area (TPSA) is 193 Å². The first-order valence-corrected chi connectivity index (χ1v) is 36.0. The number of β-lactam (4-membered cyclic amide) rings is 2. The van der Waals surface area contributed by atoms with Crippen LogP contribution in [0.2, 0.25) is 0 Å². The molecule has 0 radical (unpaired) electrons. The van der Waals surface area contributed by atoms with Crippen molar-refractivity contribution in [1.29, 1.82) is 0 Å². The monoisotopic (exact) mass is 1320 g/mol. The van der Waals surface area contributed by atoms with E-state index in [-0.39, 0.29) is 40.7 Å². The summed E-state index contributed by atoms with van der Waals surface area (Å²) in [5.41, 5.74) is 7.52. The molecule has 12 nitrogen and oxygen atoms in total. The van der Waals surface area contributed by atoms with Crippen LogP contribution in [0.25, 0.3) is 0 Å². The van der Waals surface area contributed by atoms with Crippen molar-refractivity contribution in [2.75, 3.05) is 0 Å². The Bertz CT molecular complexity index is 1580. The molecule has 4 heterocycles. The number of ketones is 1. The van der Waals surface area contributed by atoms with Crippen molar-refractivity contribution in [2.45, 2.75) is 91.9 Å². The Kier molecular flexibility index (Phi) is 20.2. The van der Waals surface area contributed by atoms with Crippen LogP contribution in [-0.2, 0) is 41.6 Å². The molecule has 4 saturated heterocycles. The van der Waals surface area contributed by atoms with Crippen LogP contribution in [0.5, 0.6) is 0 Å². The zero-order valence-corrected chi connectivity index (χ0v) is 41.0. The summed E-state index contributed by atoms with van der Waals surface area (Å²) in [6.45, 7) is 8.72. The van der Waals surface area contributed by atoms with Crippen LogP contribution in [-0.4, -0.2) is 89.7 Å². The van der Waals surface area contributed by atoms with E-state index in [1.54, 1.807) is 34.6 Å². The first-order valence-electron chi connectivity index (χ1n) is 15.4. The van der Waals surface area contributed by atoms with E-state index in [4.69, 9.17) is 5.73 Å². The predicted octanol–water partition coefficient (Wildman–Crippen LogP) is 0.0169. The molecule has 0 saturated carbocycles. The van der Waals surface area contributed by atoms with Crippen LogP contribution in [0.1, 0.15) is 45.7 Å². The summed E-state index contributed by atoms with van der Waals surface area (Å²) < 4.78 is -1.16. The molecule has 4 aliphatic rings. The first kappa shape index (κ1) is 47.9. The van der Waals surface area contributed by atoms with Crippen LogP contribution in [0.3, 0.4) is 0 Å². The van der Waals surface area contributed by atoms with E-state index in [2.05, 4.69) is 79.8 Å². The van der Waals surface area contributed by atoms with E-state index in [9.17, 15) is 39.0 Å². The van der Waals surface area contributed by atoms with Gasteiger partial charge in [-0.1, -0.05) is 60.7 Å². The van der Waals surface area contributed by atoms with Gasteiger partial charge >= 0.3 is 50.5 Å². The molecule has 6 atom stereocenters. The van der Waals surface area contributed by atoms with Crippen LogP contribution in [0.15, 0.2) is 60.7 Å². The Morgan fingerprint density at radius 2 is 1.15 bits per heavy atom. The number of carbonyl (C=O) groups excluding carboxylic acids is 6. The van der Waals surface area contributed by atoms with Gasteiger partial charge in [-0.3, -0.25) is 19.2 Å². The van der Waals surface area contributed by atoms with Crippen LogP contribution in [0.4, 0.5) is 0 Å². The van der Waals surface area contributed by atoms with Crippen molar-refractivity contribution in [3.63, 3.8) is 0 Å². The number of nitrogens with two attached hydrogens (primary N) is 1. The fourth-order valence-corrected chi connectivity index (χ4v) is 9.22. The molecule has 0 unspecified atom stereocenters. The number of benzene rings is 2. The van der Waals surface area contributed by atoms with E-state index in [1.807, 2.05) is 60.7 Å². The number of carboxylic acids is 2. The Hall–Kier alpha value is -0.230. The van der Waals surface area contributed by atoms with Gasteiger partial charge in [-0.2, -0.15) is 0 Å². The molecule has 288 valence electrons. The third-order valence-corrected chi connectivity index (χ3v) is 11.4. The summed E-state index contributed by atoms with van der Waals surface area (Å²) in [5.74, 6) is -3.14. The molecule has 2 aromatic rings.